The highest BCUT2D eigenvalue weighted by molar-refractivity contribution is 5.74. The van der Waals surface area contributed by atoms with Crippen LogP contribution in [0.4, 0.5) is 0 Å². The van der Waals surface area contributed by atoms with Crippen molar-refractivity contribution < 1.29 is 19.3 Å². The standard InChI is InChI=1S/C41H56O4/c1-4-7-10-13-28-43-39-31-38(32-40(44-29-14-11-8-5-2)41(39)45-30-15-12-9-6-3)27-24-35-19-16-34(17-20-35)18-21-36-22-25-37(33-42)26-23-36/h16-27,31-32,42H,4-15,28-30,33H2,1-3H3/b21-18+,27-24+. The monoisotopic (exact) mass is 612 g/mol. The van der Waals surface area contributed by atoms with Crippen molar-refractivity contribution in [2.45, 2.75) is 104 Å². The number of unbranched alkanes of at least 4 members (excludes halogenated alkanes) is 9. The molecule has 0 saturated heterocycles. The zero-order chi connectivity index (χ0) is 32.0. The molecule has 0 bridgehead atoms. The van der Waals surface area contributed by atoms with Gasteiger partial charge in [0.2, 0.25) is 5.75 Å². The lowest BCUT2D eigenvalue weighted by Gasteiger charge is -2.18. The normalized spacial score (nSPS) is 11.5. The average Bonchev–Trinajstić information content (AvgIpc) is 3.07. The Labute approximate surface area is 273 Å². The van der Waals surface area contributed by atoms with E-state index in [2.05, 4.69) is 81.5 Å². The zero-order valence-corrected chi connectivity index (χ0v) is 28.1. The number of ether oxygens (including phenoxy) is 3. The van der Waals surface area contributed by atoms with Crippen LogP contribution < -0.4 is 14.2 Å². The summed E-state index contributed by atoms with van der Waals surface area (Å²) in [5.41, 5.74) is 5.33. The van der Waals surface area contributed by atoms with E-state index in [9.17, 15) is 5.11 Å². The molecular formula is C41H56O4. The predicted molar refractivity (Wildman–Crippen MR) is 192 cm³/mol. The van der Waals surface area contributed by atoms with Crippen molar-refractivity contribution in [2.24, 2.45) is 0 Å². The molecule has 244 valence electrons. The van der Waals surface area contributed by atoms with Crippen molar-refractivity contribution in [1.82, 2.24) is 0 Å². The van der Waals surface area contributed by atoms with Gasteiger partial charge in [-0.25, -0.2) is 0 Å². The van der Waals surface area contributed by atoms with Crippen LogP contribution in [0.25, 0.3) is 24.3 Å². The summed E-state index contributed by atoms with van der Waals surface area (Å²) in [6.45, 7) is 8.78. The Bertz CT molecular complexity index is 1220. The number of hydrogen-bond acceptors (Lipinski definition) is 4. The van der Waals surface area contributed by atoms with Crippen molar-refractivity contribution in [2.75, 3.05) is 19.8 Å². The van der Waals surface area contributed by atoms with Crippen LogP contribution in [-0.4, -0.2) is 24.9 Å². The van der Waals surface area contributed by atoms with E-state index in [0.29, 0.717) is 19.8 Å². The first-order valence-electron chi connectivity index (χ1n) is 17.4. The van der Waals surface area contributed by atoms with Gasteiger partial charge in [0, 0.05) is 0 Å². The highest BCUT2D eigenvalue weighted by Crippen LogP contribution is 2.40. The number of aliphatic hydroxyl groups is 1. The predicted octanol–water partition coefficient (Wildman–Crippen LogP) is 11.4. The van der Waals surface area contributed by atoms with Crippen LogP contribution in [0.15, 0.2) is 60.7 Å². The Hall–Kier alpha value is -3.50. The van der Waals surface area contributed by atoms with E-state index >= 15 is 0 Å². The fourth-order valence-electron chi connectivity index (χ4n) is 5.01. The molecule has 0 aliphatic carbocycles. The molecule has 45 heavy (non-hydrogen) atoms. The second-order valence-electron chi connectivity index (χ2n) is 11.8. The maximum Gasteiger partial charge on any atom is 0.203 e. The van der Waals surface area contributed by atoms with Gasteiger partial charge in [-0.3, -0.25) is 0 Å². The maximum absolute atomic E-state index is 9.25. The van der Waals surface area contributed by atoms with Crippen LogP contribution in [0.5, 0.6) is 17.2 Å². The second kappa shape index (κ2) is 22.1. The van der Waals surface area contributed by atoms with E-state index in [4.69, 9.17) is 14.2 Å². The smallest absolute Gasteiger partial charge is 0.203 e. The first-order chi connectivity index (χ1) is 22.2. The van der Waals surface area contributed by atoms with Crippen molar-refractivity contribution in [1.29, 1.82) is 0 Å². The van der Waals surface area contributed by atoms with E-state index in [-0.39, 0.29) is 6.61 Å². The molecule has 1 N–H and O–H groups in total. The maximum atomic E-state index is 9.25. The Kier molecular flexibility index (Phi) is 17.6. The Morgan fingerprint density at radius 2 is 0.844 bits per heavy atom. The molecule has 0 fully saturated rings. The molecule has 0 amide bonds. The van der Waals surface area contributed by atoms with Crippen molar-refractivity contribution in [3.63, 3.8) is 0 Å². The molecule has 0 aromatic heterocycles. The van der Waals surface area contributed by atoms with E-state index < -0.39 is 0 Å². The fourth-order valence-corrected chi connectivity index (χ4v) is 5.01. The summed E-state index contributed by atoms with van der Waals surface area (Å²) in [6.07, 6.45) is 22.4. The summed E-state index contributed by atoms with van der Waals surface area (Å²) in [6, 6.07) is 20.7. The van der Waals surface area contributed by atoms with Gasteiger partial charge in [0.1, 0.15) is 0 Å². The van der Waals surface area contributed by atoms with Crippen LogP contribution in [0.1, 0.15) is 126 Å². The van der Waals surface area contributed by atoms with Crippen molar-refractivity contribution in [3.8, 4) is 17.2 Å². The molecule has 0 heterocycles. The largest absolute Gasteiger partial charge is 0.490 e. The van der Waals surface area contributed by atoms with Gasteiger partial charge in [-0.2, -0.15) is 0 Å². The fraction of sp³-hybridized carbons (Fsp3) is 0.463. The first kappa shape index (κ1) is 36.0. The molecule has 0 aliphatic rings. The minimum atomic E-state index is 0.0663. The summed E-state index contributed by atoms with van der Waals surface area (Å²) in [7, 11) is 0. The van der Waals surface area contributed by atoms with Gasteiger partial charge in [0.05, 0.1) is 26.4 Å². The van der Waals surface area contributed by atoms with E-state index in [0.717, 1.165) is 64.3 Å². The van der Waals surface area contributed by atoms with E-state index in [1.165, 1.54) is 57.8 Å². The Balaban J connectivity index is 1.77. The quantitative estimate of drug-likeness (QED) is 0.0855. The van der Waals surface area contributed by atoms with Crippen LogP contribution >= 0.6 is 0 Å². The van der Waals surface area contributed by atoms with Crippen LogP contribution in [0, 0.1) is 0 Å². The van der Waals surface area contributed by atoms with E-state index in [1.807, 2.05) is 24.3 Å². The molecule has 0 radical (unpaired) electrons. The van der Waals surface area contributed by atoms with Crippen LogP contribution in [0.3, 0.4) is 0 Å². The molecule has 0 spiro atoms. The van der Waals surface area contributed by atoms with Gasteiger partial charge in [0.15, 0.2) is 11.5 Å². The molecular weight excluding hydrogens is 556 g/mol. The molecule has 0 aliphatic heterocycles. The van der Waals surface area contributed by atoms with Gasteiger partial charge in [-0.15, -0.1) is 0 Å². The SMILES string of the molecule is CCCCCCOc1cc(/C=C/c2ccc(/C=C/c3ccc(CO)cc3)cc2)cc(OCCCCCC)c1OCCCCCC. The molecule has 4 nitrogen and oxygen atoms in total. The number of rotatable bonds is 23. The first-order valence-corrected chi connectivity index (χ1v) is 17.4. The van der Waals surface area contributed by atoms with Gasteiger partial charge in [-0.1, -0.05) is 151 Å². The summed E-state index contributed by atoms with van der Waals surface area (Å²) in [5.74, 6) is 2.30. The third kappa shape index (κ3) is 14.0. The van der Waals surface area contributed by atoms with Gasteiger partial charge in [-0.05, 0) is 59.2 Å². The van der Waals surface area contributed by atoms with Crippen molar-refractivity contribution in [3.05, 3.63) is 88.5 Å². The molecule has 3 rings (SSSR count). The molecule has 0 unspecified atom stereocenters. The van der Waals surface area contributed by atoms with Gasteiger partial charge < -0.3 is 19.3 Å². The number of hydrogen-bond donors (Lipinski definition) is 1. The summed E-state index contributed by atoms with van der Waals surface area (Å²) >= 11 is 0. The third-order valence-corrected chi connectivity index (χ3v) is 7.83. The minimum absolute atomic E-state index is 0.0663. The molecule has 3 aromatic rings. The average molecular weight is 613 g/mol. The lowest BCUT2D eigenvalue weighted by atomic mass is 10.1. The van der Waals surface area contributed by atoms with E-state index in [1.54, 1.807) is 0 Å². The Morgan fingerprint density at radius 3 is 1.24 bits per heavy atom. The summed E-state index contributed by atoms with van der Waals surface area (Å²) in [5, 5.41) is 9.25. The lowest BCUT2D eigenvalue weighted by Crippen LogP contribution is -2.06. The highest BCUT2D eigenvalue weighted by atomic mass is 16.5. The molecule has 3 aromatic carbocycles. The molecule has 0 saturated carbocycles. The number of benzene rings is 3. The van der Waals surface area contributed by atoms with Crippen LogP contribution in [-0.2, 0) is 6.61 Å². The minimum Gasteiger partial charge on any atom is -0.490 e. The molecule has 4 heteroatoms. The van der Waals surface area contributed by atoms with Crippen LogP contribution in [0.2, 0.25) is 0 Å². The highest BCUT2D eigenvalue weighted by Gasteiger charge is 2.15. The second-order valence-corrected chi connectivity index (χ2v) is 11.8. The number of aliphatic hydroxyl groups excluding tert-OH is 1. The summed E-state index contributed by atoms with van der Waals surface area (Å²) < 4.78 is 19.1. The summed E-state index contributed by atoms with van der Waals surface area (Å²) in [4.78, 5) is 0. The van der Waals surface area contributed by atoms with Crippen molar-refractivity contribution >= 4 is 24.3 Å². The van der Waals surface area contributed by atoms with Gasteiger partial charge in [0.25, 0.3) is 0 Å². The molecule has 0 atom stereocenters. The van der Waals surface area contributed by atoms with Gasteiger partial charge >= 0.3 is 0 Å². The topological polar surface area (TPSA) is 47.9 Å². The lowest BCUT2D eigenvalue weighted by molar-refractivity contribution is 0.234. The zero-order valence-electron chi connectivity index (χ0n) is 28.1. The Morgan fingerprint density at radius 1 is 0.467 bits per heavy atom. The third-order valence-electron chi connectivity index (χ3n) is 7.83.